The Morgan fingerprint density at radius 1 is 0.919 bits per heavy atom. The Morgan fingerprint density at radius 2 is 1.68 bits per heavy atom. The highest BCUT2D eigenvalue weighted by atomic mass is 16.2. The van der Waals surface area contributed by atoms with Crippen molar-refractivity contribution in [1.82, 2.24) is 14.8 Å². The summed E-state index contributed by atoms with van der Waals surface area (Å²) in [5, 5.41) is 4.41. The number of nitrogens with zero attached hydrogens (tertiary/aromatic N) is 2. The molecule has 2 amide bonds. The van der Waals surface area contributed by atoms with Crippen LogP contribution in [0.5, 0.6) is 0 Å². The second kappa shape index (κ2) is 9.55. The Morgan fingerprint density at radius 3 is 2.46 bits per heavy atom. The van der Waals surface area contributed by atoms with E-state index in [-0.39, 0.29) is 17.9 Å². The average Bonchev–Trinajstić information content (AvgIpc) is 3.30. The normalized spacial score (nSPS) is 20.1. The molecule has 1 aliphatic carbocycles. The van der Waals surface area contributed by atoms with Crippen LogP contribution >= 0.6 is 0 Å². The predicted octanol–water partition coefficient (Wildman–Crippen LogP) is 5.95. The molecular formula is C32H33N3O2. The lowest BCUT2D eigenvalue weighted by Gasteiger charge is -2.47. The third-order valence-corrected chi connectivity index (χ3v) is 8.11. The minimum absolute atomic E-state index is 0.0879. The van der Waals surface area contributed by atoms with Crippen LogP contribution in [0.1, 0.15) is 59.3 Å². The minimum Gasteiger partial charge on any atom is -0.351 e. The lowest BCUT2D eigenvalue weighted by molar-refractivity contribution is -0.136. The number of nitrogens with one attached hydrogen (secondary N) is 1. The second-order valence-electron chi connectivity index (χ2n) is 10.6. The molecular weight excluding hydrogens is 458 g/mol. The maximum atomic E-state index is 14.6. The van der Waals surface area contributed by atoms with Crippen LogP contribution in [0.15, 0.2) is 84.9 Å². The number of hydrogen-bond donors (Lipinski definition) is 1. The van der Waals surface area contributed by atoms with Gasteiger partial charge >= 0.3 is 0 Å². The molecule has 6 rings (SSSR count). The molecule has 0 bridgehead atoms. The molecule has 1 N–H and O–H groups in total. The Bertz CT molecular complexity index is 1450. The van der Waals surface area contributed by atoms with Crippen molar-refractivity contribution >= 4 is 22.7 Å². The molecule has 1 aliphatic heterocycles. The summed E-state index contributed by atoms with van der Waals surface area (Å²) in [6.45, 7) is 2.78. The zero-order valence-electron chi connectivity index (χ0n) is 21.3. The molecule has 0 radical (unpaired) electrons. The Labute approximate surface area is 218 Å². The van der Waals surface area contributed by atoms with E-state index >= 15 is 0 Å². The summed E-state index contributed by atoms with van der Waals surface area (Å²) in [7, 11) is 0. The van der Waals surface area contributed by atoms with Crippen molar-refractivity contribution in [2.75, 3.05) is 0 Å². The Balaban J connectivity index is 1.54. The SMILES string of the molecule is Cc1cccc(CN2C(=O)c3cc4ccccc4n3C[C@@]2(C(=O)NC2CCCCC2)c2ccccc2)c1. The fraction of sp³-hybridized carbons (Fsp3) is 0.312. The van der Waals surface area contributed by atoms with Gasteiger partial charge in [0.2, 0.25) is 0 Å². The largest absolute Gasteiger partial charge is 0.351 e. The van der Waals surface area contributed by atoms with Gasteiger partial charge in [-0.15, -0.1) is 0 Å². The quantitative estimate of drug-likeness (QED) is 0.375. The molecule has 5 nitrogen and oxygen atoms in total. The maximum Gasteiger partial charge on any atom is 0.272 e. The lowest BCUT2D eigenvalue weighted by atomic mass is 9.83. The molecule has 0 saturated heterocycles. The van der Waals surface area contributed by atoms with Crippen molar-refractivity contribution in [3.8, 4) is 0 Å². The van der Waals surface area contributed by atoms with Gasteiger partial charge in [-0.05, 0) is 43.0 Å². The van der Waals surface area contributed by atoms with E-state index in [0.29, 0.717) is 18.8 Å². The molecule has 5 heteroatoms. The number of aryl methyl sites for hydroxylation is 1. The fourth-order valence-electron chi connectivity index (χ4n) is 6.22. The molecule has 188 valence electrons. The van der Waals surface area contributed by atoms with Crippen LogP contribution in [-0.4, -0.2) is 27.3 Å². The first kappa shape index (κ1) is 23.5. The lowest BCUT2D eigenvalue weighted by Crippen LogP contribution is -2.64. The number of aromatic nitrogens is 1. The van der Waals surface area contributed by atoms with Gasteiger partial charge in [-0.1, -0.05) is 97.6 Å². The molecule has 1 atom stereocenters. The van der Waals surface area contributed by atoms with E-state index in [1.54, 1.807) is 0 Å². The zero-order chi connectivity index (χ0) is 25.4. The zero-order valence-corrected chi connectivity index (χ0v) is 21.3. The molecule has 1 aromatic heterocycles. The predicted molar refractivity (Wildman–Crippen MR) is 146 cm³/mol. The molecule has 0 unspecified atom stereocenters. The summed E-state index contributed by atoms with van der Waals surface area (Å²) < 4.78 is 2.05. The van der Waals surface area contributed by atoms with Gasteiger partial charge < -0.3 is 14.8 Å². The monoisotopic (exact) mass is 491 g/mol. The van der Waals surface area contributed by atoms with Crippen molar-refractivity contribution in [1.29, 1.82) is 0 Å². The highest BCUT2D eigenvalue weighted by Gasteiger charge is 2.52. The van der Waals surface area contributed by atoms with E-state index in [1.165, 1.54) is 6.42 Å². The van der Waals surface area contributed by atoms with E-state index in [1.807, 2.05) is 77.7 Å². The van der Waals surface area contributed by atoms with Crippen molar-refractivity contribution in [3.63, 3.8) is 0 Å². The summed E-state index contributed by atoms with van der Waals surface area (Å²) >= 11 is 0. The molecule has 4 aromatic rings. The summed E-state index contributed by atoms with van der Waals surface area (Å²) in [6, 6.07) is 28.2. The molecule has 0 spiro atoms. The topological polar surface area (TPSA) is 54.3 Å². The summed E-state index contributed by atoms with van der Waals surface area (Å²) in [6.07, 6.45) is 5.44. The molecule has 1 fully saturated rings. The number of fused-ring (bicyclic) bond motifs is 3. The molecule has 37 heavy (non-hydrogen) atoms. The number of carbonyl (C=O) groups excluding carboxylic acids is 2. The van der Waals surface area contributed by atoms with Crippen molar-refractivity contribution in [2.45, 2.75) is 63.7 Å². The number of para-hydroxylation sites is 1. The smallest absolute Gasteiger partial charge is 0.272 e. The van der Waals surface area contributed by atoms with Crippen LogP contribution in [0.3, 0.4) is 0 Å². The molecule has 3 aromatic carbocycles. The number of benzene rings is 3. The van der Waals surface area contributed by atoms with Crippen LogP contribution in [-0.2, 0) is 23.4 Å². The minimum atomic E-state index is -1.17. The van der Waals surface area contributed by atoms with Crippen LogP contribution in [0, 0.1) is 6.92 Å². The van der Waals surface area contributed by atoms with Gasteiger partial charge in [0.1, 0.15) is 5.69 Å². The van der Waals surface area contributed by atoms with E-state index in [4.69, 9.17) is 0 Å². The summed E-state index contributed by atoms with van der Waals surface area (Å²) in [5.41, 5.74) is 3.43. The standard InChI is InChI=1S/C32H33N3O2/c1-23-11-10-12-24(19-23)21-35-30(36)29-20-25-13-8-9-18-28(25)34(29)22-32(35,26-14-4-2-5-15-26)31(37)33-27-16-6-3-7-17-27/h2,4-5,8-15,18-20,27H,3,6-7,16-17,21-22H2,1H3,(H,33,37)/t32-/m0/s1. The summed E-state index contributed by atoms with van der Waals surface area (Å²) in [4.78, 5) is 30.8. The maximum absolute atomic E-state index is 14.6. The van der Waals surface area contributed by atoms with Gasteiger partial charge in [-0.25, -0.2) is 0 Å². The first-order chi connectivity index (χ1) is 18.1. The van der Waals surface area contributed by atoms with Gasteiger partial charge in [-0.2, -0.15) is 0 Å². The van der Waals surface area contributed by atoms with E-state index < -0.39 is 5.54 Å². The molecule has 2 heterocycles. The molecule has 1 saturated carbocycles. The van der Waals surface area contributed by atoms with Gasteiger partial charge in [0.15, 0.2) is 5.54 Å². The van der Waals surface area contributed by atoms with E-state index in [0.717, 1.165) is 53.3 Å². The van der Waals surface area contributed by atoms with E-state index in [9.17, 15) is 9.59 Å². The highest BCUT2D eigenvalue weighted by molar-refractivity contribution is 6.04. The van der Waals surface area contributed by atoms with Crippen LogP contribution in [0.4, 0.5) is 0 Å². The summed E-state index contributed by atoms with van der Waals surface area (Å²) in [5.74, 6) is -0.207. The highest BCUT2D eigenvalue weighted by Crippen LogP contribution is 2.40. The Hall–Kier alpha value is -3.86. The number of amides is 2. The first-order valence-corrected chi connectivity index (χ1v) is 13.4. The van der Waals surface area contributed by atoms with Gasteiger partial charge in [0.25, 0.3) is 11.8 Å². The number of carbonyl (C=O) groups is 2. The van der Waals surface area contributed by atoms with Crippen molar-refractivity contribution in [3.05, 3.63) is 107 Å². The number of rotatable bonds is 5. The van der Waals surface area contributed by atoms with Crippen LogP contribution < -0.4 is 5.32 Å². The van der Waals surface area contributed by atoms with Gasteiger partial charge in [-0.3, -0.25) is 9.59 Å². The van der Waals surface area contributed by atoms with Crippen LogP contribution in [0.25, 0.3) is 10.9 Å². The number of hydrogen-bond acceptors (Lipinski definition) is 2. The molecule has 2 aliphatic rings. The fourth-order valence-corrected chi connectivity index (χ4v) is 6.22. The van der Waals surface area contributed by atoms with Crippen molar-refractivity contribution in [2.24, 2.45) is 0 Å². The third-order valence-electron chi connectivity index (χ3n) is 8.11. The second-order valence-corrected chi connectivity index (χ2v) is 10.6. The van der Waals surface area contributed by atoms with Crippen molar-refractivity contribution < 1.29 is 9.59 Å². The Kier molecular flexibility index (Phi) is 6.07. The van der Waals surface area contributed by atoms with E-state index in [2.05, 4.69) is 28.9 Å². The van der Waals surface area contributed by atoms with Crippen LogP contribution in [0.2, 0.25) is 0 Å². The van der Waals surface area contributed by atoms with Gasteiger partial charge in [0.05, 0.1) is 6.54 Å². The third kappa shape index (κ3) is 4.12. The van der Waals surface area contributed by atoms with Gasteiger partial charge in [0, 0.05) is 23.5 Å². The average molecular weight is 492 g/mol. The first-order valence-electron chi connectivity index (χ1n) is 13.4.